The summed E-state index contributed by atoms with van der Waals surface area (Å²) in [6.07, 6.45) is 5.19. The molecule has 0 atom stereocenters. The number of carbonyl (C=O) groups is 4. The number of aromatic nitrogens is 1. The molecule has 1 saturated heterocycles. The van der Waals surface area contributed by atoms with Gasteiger partial charge in [-0.25, -0.2) is 14.6 Å². The van der Waals surface area contributed by atoms with Crippen molar-refractivity contribution in [1.82, 2.24) is 15.2 Å². The SMILES string of the molecule is CCOC(=O)/C(=C1/SC(=S)N(CC(=O)O)C1=O)c1csc(NC(=O)NC2CCCCC2)n1. The zero-order chi connectivity index (χ0) is 23.3. The van der Waals surface area contributed by atoms with Crippen LogP contribution in [0, 0.1) is 0 Å². The number of nitrogens with one attached hydrogen (secondary N) is 2. The molecule has 1 aromatic rings. The van der Waals surface area contributed by atoms with Gasteiger partial charge in [0.2, 0.25) is 0 Å². The van der Waals surface area contributed by atoms with Gasteiger partial charge in [-0.15, -0.1) is 11.3 Å². The van der Waals surface area contributed by atoms with E-state index in [9.17, 15) is 19.2 Å². The summed E-state index contributed by atoms with van der Waals surface area (Å²) in [6.45, 7) is 1.07. The number of esters is 1. The van der Waals surface area contributed by atoms with Gasteiger partial charge in [0.15, 0.2) is 5.13 Å². The van der Waals surface area contributed by atoms with Gasteiger partial charge in [0, 0.05) is 11.4 Å². The summed E-state index contributed by atoms with van der Waals surface area (Å²) in [6, 6.07) is -0.266. The van der Waals surface area contributed by atoms with Crippen molar-refractivity contribution in [2.45, 2.75) is 45.1 Å². The topological polar surface area (TPSA) is 138 Å². The molecule has 1 aliphatic heterocycles. The molecular weight excluding hydrogens is 476 g/mol. The van der Waals surface area contributed by atoms with Gasteiger partial charge in [-0.2, -0.15) is 0 Å². The average molecular weight is 499 g/mol. The van der Waals surface area contributed by atoms with Gasteiger partial charge in [-0.05, 0) is 19.8 Å². The Hall–Kier alpha value is -2.51. The number of thiocarbonyl (C=S) groups is 1. The lowest BCUT2D eigenvalue weighted by Crippen LogP contribution is -2.39. The average Bonchev–Trinajstić information content (AvgIpc) is 3.29. The van der Waals surface area contributed by atoms with E-state index in [2.05, 4.69) is 15.6 Å². The minimum atomic E-state index is -1.23. The van der Waals surface area contributed by atoms with Crippen LogP contribution in [0.2, 0.25) is 0 Å². The van der Waals surface area contributed by atoms with Crippen LogP contribution in [-0.2, 0) is 19.1 Å². The maximum Gasteiger partial charge on any atom is 0.341 e. The molecule has 0 radical (unpaired) electrons. The highest BCUT2D eigenvalue weighted by molar-refractivity contribution is 8.26. The number of nitrogens with zero attached hydrogens (tertiary/aromatic N) is 2. The maximum atomic E-state index is 12.8. The highest BCUT2D eigenvalue weighted by Gasteiger charge is 2.38. The van der Waals surface area contributed by atoms with E-state index < -0.39 is 24.4 Å². The minimum Gasteiger partial charge on any atom is -0.480 e. The Morgan fingerprint density at radius 1 is 1.31 bits per heavy atom. The fourth-order valence-electron chi connectivity index (χ4n) is 3.35. The molecule has 1 saturated carbocycles. The summed E-state index contributed by atoms with van der Waals surface area (Å²) in [5, 5.41) is 16.4. The van der Waals surface area contributed by atoms with Crippen molar-refractivity contribution in [3.05, 3.63) is 16.0 Å². The third kappa shape index (κ3) is 5.84. The molecule has 0 unspecified atom stereocenters. The van der Waals surface area contributed by atoms with Gasteiger partial charge in [-0.1, -0.05) is 43.2 Å². The largest absolute Gasteiger partial charge is 0.480 e. The lowest BCUT2D eigenvalue weighted by molar-refractivity contribution is -0.140. The summed E-state index contributed by atoms with van der Waals surface area (Å²) in [5.74, 6) is -2.72. The molecule has 10 nitrogen and oxygen atoms in total. The number of aliphatic carboxylic acids is 1. The quantitative estimate of drug-likeness (QED) is 0.294. The lowest BCUT2D eigenvalue weighted by Gasteiger charge is -2.22. The van der Waals surface area contributed by atoms with Crippen LogP contribution in [0.4, 0.5) is 9.93 Å². The van der Waals surface area contributed by atoms with Gasteiger partial charge in [-0.3, -0.25) is 19.8 Å². The Kier molecular flexibility index (Phi) is 8.21. The smallest absolute Gasteiger partial charge is 0.341 e. The van der Waals surface area contributed by atoms with Gasteiger partial charge < -0.3 is 15.2 Å². The first kappa shape index (κ1) is 24.1. The molecule has 3 N–H and O–H groups in total. The van der Waals surface area contributed by atoms with E-state index in [4.69, 9.17) is 22.1 Å². The van der Waals surface area contributed by atoms with E-state index in [1.807, 2.05) is 0 Å². The summed E-state index contributed by atoms with van der Waals surface area (Å²) in [5.41, 5.74) is 0.0197. The van der Waals surface area contributed by atoms with Gasteiger partial charge >= 0.3 is 18.0 Å². The van der Waals surface area contributed by atoms with Crippen LogP contribution in [0.25, 0.3) is 5.57 Å². The van der Waals surface area contributed by atoms with Crippen LogP contribution >= 0.6 is 35.3 Å². The summed E-state index contributed by atoms with van der Waals surface area (Å²) >= 11 is 7.01. The summed E-state index contributed by atoms with van der Waals surface area (Å²) in [7, 11) is 0. The van der Waals surface area contributed by atoms with Crippen LogP contribution in [-0.4, -0.2) is 62.4 Å². The minimum absolute atomic E-state index is 0.0228. The van der Waals surface area contributed by atoms with E-state index in [0.717, 1.165) is 53.7 Å². The highest BCUT2D eigenvalue weighted by atomic mass is 32.2. The molecule has 13 heteroatoms. The Labute approximate surface area is 197 Å². The zero-order valence-corrected chi connectivity index (χ0v) is 19.7. The van der Waals surface area contributed by atoms with E-state index in [0.29, 0.717) is 0 Å². The molecule has 2 fully saturated rings. The number of hydrogen-bond acceptors (Lipinski definition) is 9. The van der Waals surface area contributed by atoms with Gasteiger partial charge in [0.05, 0.1) is 17.2 Å². The number of amides is 3. The fourth-order valence-corrected chi connectivity index (χ4v) is 5.36. The maximum absolute atomic E-state index is 12.8. The van der Waals surface area contributed by atoms with E-state index in [1.54, 1.807) is 6.92 Å². The van der Waals surface area contributed by atoms with Crippen LogP contribution in [0.3, 0.4) is 0 Å². The highest BCUT2D eigenvalue weighted by Crippen LogP contribution is 2.38. The summed E-state index contributed by atoms with van der Waals surface area (Å²) < 4.78 is 5.11. The Bertz CT molecular complexity index is 970. The number of carboxylic acid groups (broad SMARTS) is 1. The molecule has 1 aliphatic carbocycles. The second-order valence-corrected chi connectivity index (χ2v) is 9.55. The number of carboxylic acids is 1. The molecule has 32 heavy (non-hydrogen) atoms. The normalized spacial score (nSPS) is 18.5. The Morgan fingerprint density at radius 3 is 2.69 bits per heavy atom. The van der Waals surface area contributed by atoms with Crippen molar-refractivity contribution in [2.75, 3.05) is 18.5 Å². The van der Waals surface area contributed by atoms with E-state index >= 15 is 0 Å². The molecule has 2 heterocycles. The lowest BCUT2D eigenvalue weighted by atomic mass is 9.96. The molecule has 172 valence electrons. The molecule has 0 spiro atoms. The fraction of sp³-hybridized carbons (Fsp3) is 0.474. The molecule has 0 aromatic carbocycles. The van der Waals surface area contributed by atoms with Crippen molar-refractivity contribution >= 4 is 74.2 Å². The number of ether oxygens (including phenoxy) is 1. The van der Waals surface area contributed by atoms with Crippen LogP contribution in [0.5, 0.6) is 0 Å². The van der Waals surface area contributed by atoms with Gasteiger partial charge in [0.25, 0.3) is 5.91 Å². The summed E-state index contributed by atoms with van der Waals surface area (Å²) in [4.78, 5) is 53.9. The van der Waals surface area contributed by atoms with Gasteiger partial charge in [0.1, 0.15) is 16.4 Å². The predicted octanol–water partition coefficient (Wildman–Crippen LogP) is 2.82. The number of thiazole rings is 1. The number of thioether (sulfide) groups is 1. The molecule has 2 aliphatic rings. The predicted molar refractivity (Wildman–Crippen MR) is 124 cm³/mol. The molecule has 3 amide bonds. The van der Waals surface area contributed by atoms with Crippen LogP contribution in [0.15, 0.2) is 10.3 Å². The van der Waals surface area contributed by atoms with Crippen molar-refractivity contribution in [3.8, 4) is 0 Å². The van der Waals surface area contributed by atoms with E-state index in [1.165, 1.54) is 11.8 Å². The molecule has 3 rings (SSSR count). The first-order chi connectivity index (χ1) is 15.3. The third-order valence-corrected chi connectivity index (χ3v) is 6.98. The number of carbonyl (C=O) groups excluding carboxylic acids is 3. The van der Waals surface area contributed by atoms with Crippen molar-refractivity contribution < 1.29 is 29.0 Å². The van der Waals surface area contributed by atoms with E-state index in [-0.39, 0.29) is 44.3 Å². The first-order valence-electron chi connectivity index (χ1n) is 10.0. The molecule has 1 aromatic heterocycles. The zero-order valence-electron chi connectivity index (χ0n) is 17.2. The van der Waals surface area contributed by atoms with Crippen molar-refractivity contribution in [1.29, 1.82) is 0 Å². The van der Waals surface area contributed by atoms with Crippen LogP contribution in [0.1, 0.15) is 44.7 Å². The van der Waals surface area contributed by atoms with Crippen molar-refractivity contribution in [2.24, 2.45) is 0 Å². The standard InChI is InChI=1S/C19H22N4O6S3/c1-2-29-16(27)13(14-15(26)23(8-12(24)25)19(30)32-14)11-9-31-18(21-11)22-17(28)20-10-6-4-3-5-7-10/h9-10H,2-8H2,1H3,(H,24,25)(H2,20,21,22,28)/b14-13+. The Morgan fingerprint density at radius 2 is 2.03 bits per heavy atom. The number of rotatable bonds is 7. The molecular formula is C19H22N4O6S3. The first-order valence-corrected chi connectivity index (χ1v) is 12.1. The number of hydrogen-bond donors (Lipinski definition) is 3. The second-order valence-electron chi connectivity index (χ2n) is 7.05. The monoisotopic (exact) mass is 498 g/mol. The number of urea groups is 1. The second kappa shape index (κ2) is 10.9. The van der Waals surface area contributed by atoms with Crippen molar-refractivity contribution in [3.63, 3.8) is 0 Å². The molecule has 0 bridgehead atoms. The van der Waals surface area contributed by atoms with Crippen LogP contribution < -0.4 is 10.6 Å². The third-order valence-electron chi connectivity index (χ3n) is 4.77. The number of anilines is 1. The Balaban J connectivity index is 1.82.